The number of para-hydroxylation sites is 4. The molecule has 98 heavy (non-hydrogen) atoms. The lowest BCUT2D eigenvalue weighted by Gasteiger charge is -2.24. The fourth-order valence-electron chi connectivity index (χ4n) is 17.8. The highest BCUT2D eigenvalue weighted by molar-refractivity contribution is 6.40. The van der Waals surface area contributed by atoms with Crippen LogP contribution in [0.4, 0.5) is 0 Å². The fraction of sp³-hybridized carbons (Fsp3) is 0. The molecule has 450 valence electrons. The summed E-state index contributed by atoms with van der Waals surface area (Å²) in [7, 11) is 0. The van der Waals surface area contributed by atoms with Crippen molar-refractivity contribution in [2.45, 2.75) is 0 Å². The molecule has 24 aromatic rings. The number of pyridine rings is 2. The first kappa shape index (κ1) is 51.2. The molecule has 0 atom stereocenters. The van der Waals surface area contributed by atoms with Crippen LogP contribution in [0.25, 0.3) is 240 Å². The van der Waals surface area contributed by atoms with Crippen molar-refractivity contribution in [3.8, 4) is 33.6 Å². The first-order valence-corrected chi connectivity index (χ1v) is 33.3. The van der Waals surface area contributed by atoms with E-state index in [4.69, 9.17) is 27.6 Å². The lowest BCUT2D eigenvalue weighted by atomic mass is 9.86. The molecule has 8 nitrogen and oxygen atoms in total. The molecule has 0 aliphatic rings. The zero-order valence-electron chi connectivity index (χ0n) is 52.0. The molecule has 0 saturated heterocycles. The normalized spacial score (nSPS) is 12.7. The molecule has 0 spiro atoms. The van der Waals surface area contributed by atoms with E-state index in [2.05, 4.69) is 252 Å². The molecular weight excluding hydrogens is 1200 g/mol. The van der Waals surface area contributed by atoms with Crippen LogP contribution < -0.4 is 0 Å². The van der Waals surface area contributed by atoms with Gasteiger partial charge < -0.3 is 26.8 Å². The lowest BCUT2D eigenvalue weighted by Crippen LogP contribution is -2.04. The zero-order chi connectivity index (χ0) is 63.3. The molecule has 18 aromatic carbocycles. The van der Waals surface area contributed by atoms with Gasteiger partial charge >= 0.3 is 0 Å². The highest BCUT2D eigenvalue weighted by Gasteiger charge is 2.28. The van der Waals surface area contributed by atoms with Crippen LogP contribution in [0.5, 0.6) is 0 Å². The maximum atomic E-state index is 7.22. The summed E-state index contributed by atoms with van der Waals surface area (Å²) in [5.74, 6) is 0. The summed E-state index contributed by atoms with van der Waals surface area (Å²) in [6.45, 7) is 0. The summed E-state index contributed by atoms with van der Waals surface area (Å²) in [5.41, 5.74) is 15.8. The van der Waals surface area contributed by atoms with Crippen LogP contribution in [0.15, 0.2) is 297 Å². The van der Waals surface area contributed by atoms with Gasteiger partial charge in [-0.2, -0.15) is 0 Å². The second-order valence-corrected chi connectivity index (χ2v) is 26.6. The van der Waals surface area contributed by atoms with E-state index < -0.39 is 0 Å². The highest BCUT2D eigenvalue weighted by atomic mass is 16.3. The van der Waals surface area contributed by atoms with Crippen molar-refractivity contribution < 1.29 is 17.7 Å². The van der Waals surface area contributed by atoms with E-state index >= 15 is 0 Å². The number of aromatic nitrogens is 4. The molecule has 6 heterocycles. The van der Waals surface area contributed by atoms with Crippen LogP contribution in [-0.4, -0.2) is 19.1 Å². The molecule has 0 saturated carbocycles. The quantitative estimate of drug-likeness (QED) is 0.129. The van der Waals surface area contributed by atoms with Gasteiger partial charge in [0.05, 0.1) is 33.4 Å². The molecule has 0 aliphatic heterocycles. The number of benzene rings is 18. The van der Waals surface area contributed by atoms with Gasteiger partial charge in [0.15, 0.2) is 22.3 Å². The van der Waals surface area contributed by atoms with Gasteiger partial charge in [-0.25, -0.2) is 0 Å². The molecule has 0 amide bonds. The Hall–Kier alpha value is -13.3. The van der Waals surface area contributed by atoms with Gasteiger partial charge in [-0.05, 0) is 181 Å². The van der Waals surface area contributed by atoms with Gasteiger partial charge in [0.2, 0.25) is 0 Å². The third kappa shape index (κ3) is 6.53. The van der Waals surface area contributed by atoms with Gasteiger partial charge in [-0.15, -0.1) is 0 Å². The van der Waals surface area contributed by atoms with Crippen molar-refractivity contribution >= 4 is 207 Å². The molecule has 0 fully saturated rings. The average molecular weight is 1250 g/mol. The molecule has 0 bridgehead atoms. The second kappa shape index (κ2) is 18.3. The summed E-state index contributed by atoms with van der Waals surface area (Å²) >= 11 is 0. The predicted octanol–water partition coefficient (Wildman–Crippen LogP) is 25.1. The van der Waals surface area contributed by atoms with E-state index in [0.717, 1.165) is 165 Å². The molecule has 8 heteroatoms. The minimum Gasteiger partial charge on any atom is -0.456 e. The Kier molecular flexibility index (Phi) is 9.57. The standard InChI is InChI=1S/C90H46N4O4/c1-3-29-75-69(27-1)93(73-43-77-67(41-79(73)95-75)87-61-25-9-23-53-51-19-5-13-47-15-7-21-55(83(47)51)65(85(53)61)39-81(87)97-77)71-37-63(49-17-11-35-91-45-49)57-32-34-60-72(38-64(50-18-12-36-92-46-50)58-31-33-59(71)89(57)90(58)60)94-70-28-2-4-30-76(70)96-80-42-68-78(44-74(80)94)98-82-40-66-56-22-8-16-48-14-6-20-52(84(48)56)54-24-10-26-62(86(54)66)88(68)82/h1-46H. The summed E-state index contributed by atoms with van der Waals surface area (Å²) in [4.78, 5) is 9.56. The first-order chi connectivity index (χ1) is 48.6. The Bertz CT molecular complexity index is 7260. The van der Waals surface area contributed by atoms with E-state index in [9.17, 15) is 0 Å². The Morgan fingerprint density at radius 1 is 0.214 bits per heavy atom. The van der Waals surface area contributed by atoms with Crippen molar-refractivity contribution in [3.05, 3.63) is 280 Å². The maximum absolute atomic E-state index is 7.22. The molecule has 0 N–H and O–H groups in total. The Morgan fingerprint density at radius 2 is 0.592 bits per heavy atom. The van der Waals surface area contributed by atoms with Gasteiger partial charge in [-0.1, -0.05) is 170 Å². The third-order valence-electron chi connectivity index (χ3n) is 21.7. The minimum atomic E-state index is 0.729. The summed E-state index contributed by atoms with van der Waals surface area (Å²) < 4.78 is 33.5. The topological polar surface area (TPSA) is 88.2 Å². The zero-order valence-corrected chi connectivity index (χ0v) is 52.0. The van der Waals surface area contributed by atoms with Crippen LogP contribution in [0.2, 0.25) is 0 Å². The van der Waals surface area contributed by atoms with Gasteiger partial charge in [0.1, 0.15) is 22.3 Å². The summed E-state index contributed by atoms with van der Waals surface area (Å²) in [6.07, 6.45) is 7.66. The van der Waals surface area contributed by atoms with E-state index in [1.807, 2.05) is 36.9 Å². The number of nitrogens with zero attached hydrogens (tertiary/aromatic N) is 4. The van der Waals surface area contributed by atoms with Crippen molar-refractivity contribution in [2.24, 2.45) is 0 Å². The van der Waals surface area contributed by atoms with Crippen LogP contribution in [-0.2, 0) is 0 Å². The van der Waals surface area contributed by atoms with Crippen molar-refractivity contribution in [2.75, 3.05) is 0 Å². The number of fused-ring (bicyclic) bond motifs is 16. The molecule has 0 aliphatic carbocycles. The fourth-order valence-corrected chi connectivity index (χ4v) is 17.8. The van der Waals surface area contributed by atoms with Crippen molar-refractivity contribution in [3.63, 3.8) is 0 Å². The molecule has 0 radical (unpaired) electrons. The summed E-state index contributed by atoms with van der Waals surface area (Å²) in [6, 6.07) is 92.6. The monoisotopic (exact) mass is 1250 g/mol. The number of hydrogen-bond donors (Lipinski definition) is 0. The second-order valence-electron chi connectivity index (χ2n) is 26.6. The number of rotatable bonds is 4. The van der Waals surface area contributed by atoms with Gasteiger partial charge in [0, 0.05) is 91.1 Å². The van der Waals surface area contributed by atoms with Gasteiger partial charge in [0.25, 0.3) is 0 Å². The van der Waals surface area contributed by atoms with Crippen LogP contribution in [0.3, 0.4) is 0 Å². The highest BCUT2D eigenvalue weighted by Crippen LogP contribution is 2.52. The van der Waals surface area contributed by atoms with E-state index in [0.29, 0.717) is 0 Å². The molecule has 6 aromatic heterocycles. The van der Waals surface area contributed by atoms with Crippen molar-refractivity contribution in [1.82, 2.24) is 19.1 Å². The van der Waals surface area contributed by atoms with Gasteiger partial charge in [-0.3, -0.25) is 9.97 Å². The van der Waals surface area contributed by atoms with E-state index in [-0.39, 0.29) is 0 Å². The van der Waals surface area contributed by atoms with E-state index in [1.54, 1.807) is 0 Å². The Balaban J connectivity index is 0.809. The van der Waals surface area contributed by atoms with Crippen LogP contribution >= 0.6 is 0 Å². The minimum absolute atomic E-state index is 0.729. The summed E-state index contributed by atoms with van der Waals surface area (Å²) in [5, 5.41) is 30.2. The van der Waals surface area contributed by atoms with Crippen molar-refractivity contribution in [1.29, 1.82) is 0 Å². The Morgan fingerprint density at radius 3 is 1.03 bits per heavy atom. The Labute approximate surface area is 553 Å². The molecule has 24 rings (SSSR count). The predicted molar refractivity (Wildman–Crippen MR) is 404 cm³/mol. The van der Waals surface area contributed by atoms with E-state index in [1.165, 1.54) is 75.4 Å². The third-order valence-corrected chi connectivity index (χ3v) is 21.7. The molecule has 0 unspecified atom stereocenters. The first-order valence-electron chi connectivity index (χ1n) is 33.3. The lowest BCUT2D eigenvalue weighted by molar-refractivity contribution is 0.651. The number of hydrogen-bond acceptors (Lipinski definition) is 6. The van der Waals surface area contributed by atoms with Crippen LogP contribution in [0, 0.1) is 0 Å². The largest absolute Gasteiger partial charge is 0.456 e. The molecular formula is C90H46N4O4. The average Bonchev–Trinajstić information content (AvgIpc) is 1.49. The maximum Gasteiger partial charge on any atom is 0.152 e. The smallest absolute Gasteiger partial charge is 0.152 e. The number of furan rings is 2. The SMILES string of the molecule is c1cncc(-c2cc(-n3c4ccccc4oc4cc5c(cc43)oc3cc4c6cccc7cccc(c8cccc(c35)c84)c76)c3ccc4c(-c5cccnc5)cc(-n5c6ccccc6oc6cc7c(cc65)oc5cc6c8cccc9cccc(c%10cccc(c57)c%106)c98)c5ccc2c3c45)c1. The van der Waals surface area contributed by atoms with Crippen LogP contribution in [0.1, 0.15) is 0 Å².